The number of carbonyl (C=O) groups is 3. The van der Waals surface area contributed by atoms with Gasteiger partial charge in [0, 0.05) is 12.0 Å². The zero-order valence-electron chi connectivity index (χ0n) is 11.7. The topological polar surface area (TPSA) is 89.3 Å². The minimum Gasteiger partial charge on any atom is -0.368 e. The fraction of sp³-hybridized carbons (Fsp3) is 0.357. The first-order valence-electron chi connectivity index (χ1n) is 6.38. The van der Waals surface area contributed by atoms with Gasteiger partial charge in [0.2, 0.25) is 5.91 Å². The van der Waals surface area contributed by atoms with E-state index >= 15 is 0 Å². The van der Waals surface area contributed by atoms with Crippen molar-refractivity contribution in [2.75, 3.05) is 0 Å². The van der Waals surface area contributed by atoms with E-state index in [1.54, 1.807) is 0 Å². The number of Topliss-reactive ketones (excluding diaryl/α,β-unsaturated/α-hetero) is 1. The van der Waals surface area contributed by atoms with Crippen LogP contribution in [0, 0.1) is 0 Å². The predicted molar refractivity (Wildman–Crippen MR) is 71.8 cm³/mol. The van der Waals surface area contributed by atoms with Crippen molar-refractivity contribution in [3.8, 4) is 0 Å². The minimum atomic E-state index is -4.58. The van der Waals surface area contributed by atoms with Gasteiger partial charge in [-0.05, 0) is 31.5 Å². The van der Waals surface area contributed by atoms with Crippen LogP contribution in [0.4, 0.5) is 13.2 Å². The van der Waals surface area contributed by atoms with Crippen molar-refractivity contribution >= 4 is 17.6 Å². The van der Waals surface area contributed by atoms with E-state index in [0.717, 1.165) is 12.1 Å². The van der Waals surface area contributed by atoms with Crippen LogP contribution in [-0.2, 0) is 15.8 Å². The number of ketones is 1. The highest BCUT2D eigenvalue weighted by molar-refractivity contribution is 5.97. The van der Waals surface area contributed by atoms with Crippen molar-refractivity contribution in [3.63, 3.8) is 0 Å². The maximum atomic E-state index is 12.6. The van der Waals surface area contributed by atoms with Gasteiger partial charge < -0.3 is 15.8 Å². The first-order chi connectivity index (χ1) is 10.1. The van der Waals surface area contributed by atoms with Crippen molar-refractivity contribution in [3.05, 3.63) is 35.4 Å². The molecule has 0 bridgehead atoms. The zero-order chi connectivity index (χ0) is 16.9. The second-order valence-electron chi connectivity index (χ2n) is 4.75. The molecule has 0 aliphatic heterocycles. The van der Waals surface area contributed by atoms with E-state index in [2.05, 4.69) is 5.32 Å². The molecule has 0 unspecified atom stereocenters. The lowest BCUT2D eigenvalue weighted by Gasteiger charge is -2.15. The summed E-state index contributed by atoms with van der Waals surface area (Å²) in [6.45, 7) is 1.31. The van der Waals surface area contributed by atoms with E-state index in [1.807, 2.05) is 0 Å². The summed E-state index contributed by atoms with van der Waals surface area (Å²) in [7, 11) is 0. The second-order valence-corrected chi connectivity index (χ2v) is 4.75. The van der Waals surface area contributed by atoms with Gasteiger partial charge in [-0.25, -0.2) is 0 Å². The van der Waals surface area contributed by atoms with Crippen LogP contribution in [0.2, 0.25) is 0 Å². The summed E-state index contributed by atoms with van der Waals surface area (Å²) in [6.07, 6.45) is -4.56. The van der Waals surface area contributed by atoms with Crippen molar-refractivity contribution in [1.82, 2.24) is 5.32 Å². The number of hydrogen-bond donors (Lipinski definition) is 2. The molecule has 22 heavy (non-hydrogen) atoms. The highest BCUT2D eigenvalue weighted by atomic mass is 19.4. The van der Waals surface area contributed by atoms with Gasteiger partial charge in [-0.15, -0.1) is 0 Å². The Morgan fingerprint density at radius 3 is 2.41 bits per heavy atom. The number of halogens is 3. The summed E-state index contributed by atoms with van der Waals surface area (Å²) in [6, 6.07) is 2.67. The lowest BCUT2D eigenvalue weighted by Crippen LogP contribution is -2.44. The van der Waals surface area contributed by atoms with E-state index < -0.39 is 29.6 Å². The summed E-state index contributed by atoms with van der Waals surface area (Å²) in [4.78, 5) is 34.0. The molecule has 0 aliphatic carbocycles. The Kier molecular flexibility index (Phi) is 5.67. The van der Waals surface area contributed by atoms with Crippen molar-refractivity contribution < 1.29 is 27.6 Å². The molecule has 0 spiro atoms. The number of hydrogen-bond acceptors (Lipinski definition) is 3. The summed E-state index contributed by atoms with van der Waals surface area (Å²) < 4.78 is 37.8. The van der Waals surface area contributed by atoms with Crippen LogP contribution < -0.4 is 11.1 Å². The summed E-state index contributed by atoms with van der Waals surface area (Å²) in [5.41, 5.74) is 3.88. The standard InChI is InChI=1S/C14H15F3N2O3/c1-8(20)5-6-11(12(18)21)19-13(22)9-3-2-4-10(7-9)14(15,16)17/h2-4,7,11H,5-6H2,1H3,(H2,18,21)(H,19,22)/t11-/m0/s1. The second kappa shape index (κ2) is 7.06. The summed E-state index contributed by atoms with van der Waals surface area (Å²) in [5.74, 6) is -1.92. The molecule has 0 aliphatic rings. The third kappa shape index (κ3) is 5.19. The van der Waals surface area contributed by atoms with Crippen LogP contribution in [0.25, 0.3) is 0 Å². The quantitative estimate of drug-likeness (QED) is 0.836. The van der Waals surface area contributed by atoms with E-state index in [4.69, 9.17) is 5.73 Å². The number of nitrogens with one attached hydrogen (secondary N) is 1. The molecule has 1 aromatic carbocycles. The van der Waals surface area contributed by atoms with Crippen LogP contribution >= 0.6 is 0 Å². The maximum absolute atomic E-state index is 12.6. The third-order valence-corrected chi connectivity index (χ3v) is 2.89. The highest BCUT2D eigenvalue weighted by Gasteiger charge is 2.31. The number of carbonyl (C=O) groups excluding carboxylic acids is 3. The average molecular weight is 316 g/mol. The van der Waals surface area contributed by atoms with Crippen LogP contribution in [0.3, 0.4) is 0 Å². The van der Waals surface area contributed by atoms with Crippen LogP contribution in [0.5, 0.6) is 0 Å². The number of rotatable bonds is 6. The van der Waals surface area contributed by atoms with Gasteiger partial charge in [-0.1, -0.05) is 6.07 Å². The molecule has 1 aromatic rings. The third-order valence-electron chi connectivity index (χ3n) is 2.89. The van der Waals surface area contributed by atoms with Gasteiger partial charge in [0.15, 0.2) is 0 Å². The number of primary amides is 1. The molecule has 1 rings (SSSR count). The fourth-order valence-electron chi connectivity index (χ4n) is 1.71. The Morgan fingerprint density at radius 1 is 1.27 bits per heavy atom. The Hall–Kier alpha value is -2.38. The molecule has 0 aromatic heterocycles. The Balaban J connectivity index is 2.86. The lowest BCUT2D eigenvalue weighted by molar-refractivity contribution is -0.137. The van der Waals surface area contributed by atoms with E-state index in [9.17, 15) is 27.6 Å². The van der Waals surface area contributed by atoms with Gasteiger partial charge in [0.25, 0.3) is 5.91 Å². The molecular formula is C14H15F3N2O3. The first-order valence-corrected chi connectivity index (χ1v) is 6.38. The highest BCUT2D eigenvalue weighted by Crippen LogP contribution is 2.29. The molecule has 3 N–H and O–H groups in total. The first kappa shape index (κ1) is 17.7. The molecule has 120 valence electrons. The molecule has 0 saturated carbocycles. The molecular weight excluding hydrogens is 301 g/mol. The van der Waals surface area contributed by atoms with Crippen LogP contribution in [0.1, 0.15) is 35.7 Å². The summed E-state index contributed by atoms with van der Waals surface area (Å²) >= 11 is 0. The van der Waals surface area contributed by atoms with Gasteiger partial charge in [-0.2, -0.15) is 13.2 Å². The molecule has 1 atom stereocenters. The molecule has 8 heteroatoms. The lowest BCUT2D eigenvalue weighted by atomic mass is 10.1. The van der Waals surface area contributed by atoms with Crippen molar-refractivity contribution in [1.29, 1.82) is 0 Å². The van der Waals surface area contributed by atoms with Gasteiger partial charge >= 0.3 is 6.18 Å². The SMILES string of the molecule is CC(=O)CC[C@H](NC(=O)c1cccc(C(F)(F)F)c1)C(N)=O. The van der Waals surface area contributed by atoms with Crippen molar-refractivity contribution in [2.24, 2.45) is 5.73 Å². The van der Waals surface area contributed by atoms with Gasteiger partial charge in [-0.3, -0.25) is 9.59 Å². The van der Waals surface area contributed by atoms with E-state index in [1.165, 1.54) is 13.0 Å². The molecule has 2 amide bonds. The maximum Gasteiger partial charge on any atom is 0.416 e. The van der Waals surface area contributed by atoms with Crippen LogP contribution in [0.15, 0.2) is 24.3 Å². The Morgan fingerprint density at radius 2 is 1.91 bits per heavy atom. The molecule has 0 fully saturated rings. The summed E-state index contributed by atoms with van der Waals surface area (Å²) in [5, 5.41) is 2.23. The molecule has 5 nitrogen and oxygen atoms in total. The predicted octanol–water partition coefficient (Wildman–Crippen LogP) is 1.66. The van der Waals surface area contributed by atoms with Crippen molar-refractivity contribution in [2.45, 2.75) is 32.0 Å². The van der Waals surface area contributed by atoms with Crippen LogP contribution in [-0.4, -0.2) is 23.6 Å². The van der Waals surface area contributed by atoms with E-state index in [-0.39, 0.29) is 24.2 Å². The number of benzene rings is 1. The van der Waals surface area contributed by atoms with Gasteiger partial charge in [0.05, 0.1) is 5.56 Å². The smallest absolute Gasteiger partial charge is 0.368 e. The average Bonchev–Trinajstić information content (AvgIpc) is 2.41. The minimum absolute atomic E-state index is 0.00460. The normalized spacial score (nSPS) is 12.5. The van der Waals surface area contributed by atoms with E-state index in [0.29, 0.717) is 6.07 Å². The number of amides is 2. The number of alkyl halides is 3. The number of nitrogens with two attached hydrogens (primary N) is 1. The Labute approximate surface area is 124 Å². The zero-order valence-corrected chi connectivity index (χ0v) is 11.7. The monoisotopic (exact) mass is 316 g/mol. The molecule has 0 radical (unpaired) electrons. The fourth-order valence-corrected chi connectivity index (χ4v) is 1.71. The van der Waals surface area contributed by atoms with Gasteiger partial charge in [0.1, 0.15) is 11.8 Å². The largest absolute Gasteiger partial charge is 0.416 e. The Bertz CT molecular complexity index is 585. The molecule has 0 saturated heterocycles. The molecule has 0 heterocycles.